The Morgan fingerprint density at radius 3 is 2.45 bits per heavy atom. The standard InChI is InChI=1S/C26H31N3O3S/c1-17(2)25-26(30)24-21(22(28-33(4,31)32)13-14-23(24)29(3)27-25)16-18-9-8-12-20(15-18)19-10-6-5-7-11-19/h5-12,15,17,21-22,28H,13-14,16H2,1-4H3. The molecule has 1 heterocycles. The third kappa shape index (κ3) is 5.09. The van der Waals surface area contributed by atoms with Gasteiger partial charge in [-0.05, 0) is 36.0 Å². The highest BCUT2D eigenvalue weighted by Gasteiger charge is 2.36. The van der Waals surface area contributed by atoms with E-state index in [1.165, 1.54) is 6.26 Å². The second-order valence-electron chi connectivity index (χ2n) is 9.27. The van der Waals surface area contributed by atoms with Crippen LogP contribution in [0.1, 0.15) is 54.6 Å². The molecule has 1 aromatic heterocycles. The lowest BCUT2D eigenvalue weighted by atomic mass is 9.77. The summed E-state index contributed by atoms with van der Waals surface area (Å²) in [4.78, 5) is 13.6. The van der Waals surface area contributed by atoms with Gasteiger partial charge in [0.2, 0.25) is 15.5 Å². The third-order valence-electron chi connectivity index (χ3n) is 6.39. The maximum atomic E-state index is 13.6. The van der Waals surface area contributed by atoms with Gasteiger partial charge in [0.1, 0.15) is 5.69 Å². The van der Waals surface area contributed by atoms with E-state index in [-0.39, 0.29) is 23.3 Å². The van der Waals surface area contributed by atoms with Crippen molar-refractivity contribution in [2.24, 2.45) is 7.05 Å². The lowest BCUT2D eigenvalue weighted by Gasteiger charge is -2.34. The molecular formula is C26H31N3O3S. The van der Waals surface area contributed by atoms with Crippen molar-refractivity contribution >= 4 is 10.0 Å². The van der Waals surface area contributed by atoms with Crippen molar-refractivity contribution in [3.63, 3.8) is 0 Å². The van der Waals surface area contributed by atoms with Crippen molar-refractivity contribution < 1.29 is 8.42 Å². The molecule has 0 bridgehead atoms. The Labute approximate surface area is 195 Å². The molecular weight excluding hydrogens is 434 g/mol. The van der Waals surface area contributed by atoms with Gasteiger partial charge in [-0.25, -0.2) is 13.1 Å². The SMILES string of the molecule is CC(C)c1nn(C)c2c(c1=O)C(Cc1cccc(-c3ccccc3)c1)C(NS(C)(=O)=O)CC2. The number of fused-ring (bicyclic) bond motifs is 1. The number of hydrogen-bond donors (Lipinski definition) is 1. The van der Waals surface area contributed by atoms with E-state index in [1.54, 1.807) is 0 Å². The van der Waals surface area contributed by atoms with Gasteiger partial charge < -0.3 is 0 Å². The summed E-state index contributed by atoms with van der Waals surface area (Å²) < 4.78 is 29.0. The van der Waals surface area contributed by atoms with Gasteiger partial charge in [-0.1, -0.05) is 68.4 Å². The van der Waals surface area contributed by atoms with Crippen LogP contribution in [0.4, 0.5) is 0 Å². The molecule has 0 spiro atoms. The van der Waals surface area contributed by atoms with Crippen LogP contribution in [0.2, 0.25) is 0 Å². The number of hydrogen-bond acceptors (Lipinski definition) is 4. The molecule has 7 heteroatoms. The van der Waals surface area contributed by atoms with Gasteiger partial charge in [0.15, 0.2) is 0 Å². The number of aromatic nitrogens is 2. The average Bonchev–Trinajstić information content (AvgIpc) is 2.77. The summed E-state index contributed by atoms with van der Waals surface area (Å²) in [5.74, 6) is -0.284. The third-order valence-corrected chi connectivity index (χ3v) is 7.12. The molecule has 0 saturated heterocycles. The molecule has 2 unspecified atom stereocenters. The summed E-state index contributed by atoms with van der Waals surface area (Å²) in [7, 11) is -1.55. The monoisotopic (exact) mass is 465 g/mol. The minimum atomic E-state index is -3.43. The van der Waals surface area contributed by atoms with Crippen LogP contribution in [-0.4, -0.2) is 30.5 Å². The molecule has 1 aliphatic rings. The molecule has 3 aromatic rings. The van der Waals surface area contributed by atoms with Gasteiger partial charge in [0, 0.05) is 36.2 Å². The van der Waals surface area contributed by atoms with E-state index in [2.05, 4.69) is 34.1 Å². The number of sulfonamides is 1. The normalized spacial score (nSPS) is 18.3. The van der Waals surface area contributed by atoms with Crippen LogP contribution in [0.25, 0.3) is 11.1 Å². The number of benzene rings is 2. The van der Waals surface area contributed by atoms with Gasteiger partial charge in [-0.3, -0.25) is 9.48 Å². The second-order valence-corrected chi connectivity index (χ2v) is 11.0. The number of aryl methyl sites for hydroxylation is 1. The molecule has 0 amide bonds. The Hall–Kier alpha value is -2.77. The topological polar surface area (TPSA) is 81.1 Å². The highest BCUT2D eigenvalue weighted by Crippen LogP contribution is 2.34. The van der Waals surface area contributed by atoms with Crippen LogP contribution in [0, 0.1) is 0 Å². The Balaban J connectivity index is 1.81. The van der Waals surface area contributed by atoms with Crippen molar-refractivity contribution in [3.05, 3.63) is 87.3 Å². The Morgan fingerprint density at radius 2 is 1.79 bits per heavy atom. The molecule has 4 rings (SSSR count). The molecule has 6 nitrogen and oxygen atoms in total. The highest BCUT2D eigenvalue weighted by atomic mass is 32.2. The summed E-state index contributed by atoms with van der Waals surface area (Å²) in [6, 6.07) is 18.1. The zero-order chi connectivity index (χ0) is 23.8. The van der Waals surface area contributed by atoms with Crippen LogP contribution in [0.5, 0.6) is 0 Å². The quantitative estimate of drug-likeness (QED) is 0.601. The van der Waals surface area contributed by atoms with E-state index in [9.17, 15) is 13.2 Å². The van der Waals surface area contributed by atoms with E-state index in [0.29, 0.717) is 30.5 Å². The molecule has 2 atom stereocenters. The minimum Gasteiger partial charge on any atom is -0.287 e. The Kier molecular flexibility index (Phi) is 6.54. The fourth-order valence-electron chi connectivity index (χ4n) is 4.88. The predicted octanol–water partition coefficient (Wildman–Crippen LogP) is 3.76. The first kappa shape index (κ1) is 23.4. The second kappa shape index (κ2) is 9.23. The lowest BCUT2D eigenvalue weighted by Crippen LogP contribution is -2.45. The molecule has 0 fully saturated rings. The first-order valence-electron chi connectivity index (χ1n) is 11.4. The van der Waals surface area contributed by atoms with E-state index >= 15 is 0 Å². The van der Waals surface area contributed by atoms with Crippen LogP contribution < -0.4 is 10.2 Å². The molecule has 2 aromatic carbocycles. The van der Waals surface area contributed by atoms with Crippen molar-refractivity contribution in [1.82, 2.24) is 14.5 Å². The minimum absolute atomic E-state index is 0.0145. The van der Waals surface area contributed by atoms with Gasteiger partial charge in [-0.15, -0.1) is 0 Å². The molecule has 1 aliphatic carbocycles. The van der Waals surface area contributed by atoms with Crippen molar-refractivity contribution in [2.45, 2.75) is 51.0 Å². The summed E-state index contributed by atoms with van der Waals surface area (Å²) in [6.07, 6.45) is 2.98. The maximum Gasteiger partial charge on any atom is 0.208 e. The van der Waals surface area contributed by atoms with Gasteiger partial charge >= 0.3 is 0 Å². The van der Waals surface area contributed by atoms with E-state index in [1.807, 2.05) is 55.9 Å². The maximum absolute atomic E-state index is 13.6. The first-order chi connectivity index (χ1) is 15.6. The fraction of sp³-hybridized carbons (Fsp3) is 0.385. The molecule has 0 saturated carbocycles. The van der Waals surface area contributed by atoms with Crippen LogP contribution in [0.3, 0.4) is 0 Å². The van der Waals surface area contributed by atoms with Crippen LogP contribution >= 0.6 is 0 Å². The number of nitrogens with zero attached hydrogens (tertiary/aromatic N) is 2. The molecule has 1 N–H and O–H groups in total. The average molecular weight is 466 g/mol. The van der Waals surface area contributed by atoms with Gasteiger partial charge in [0.25, 0.3) is 0 Å². The molecule has 174 valence electrons. The number of rotatable bonds is 6. The fourth-order valence-corrected chi connectivity index (χ4v) is 5.72. The van der Waals surface area contributed by atoms with Crippen molar-refractivity contribution in [1.29, 1.82) is 0 Å². The van der Waals surface area contributed by atoms with Crippen molar-refractivity contribution in [2.75, 3.05) is 6.26 Å². The molecule has 33 heavy (non-hydrogen) atoms. The van der Waals surface area contributed by atoms with E-state index in [0.717, 1.165) is 22.4 Å². The van der Waals surface area contributed by atoms with Crippen LogP contribution in [0.15, 0.2) is 59.4 Å². The highest BCUT2D eigenvalue weighted by molar-refractivity contribution is 7.88. The van der Waals surface area contributed by atoms with Crippen molar-refractivity contribution in [3.8, 4) is 11.1 Å². The van der Waals surface area contributed by atoms with Gasteiger partial charge in [0.05, 0.1) is 6.26 Å². The van der Waals surface area contributed by atoms with Gasteiger partial charge in [-0.2, -0.15) is 5.10 Å². The van der Waals surface area contributed by atoms with E-state index < -0.39 is 10.0 Å². The predicted molar refractivity (Wildman–Crippen MR) is 132 cm³/mol. The summed E-state index contributed by atoms with van der Waals surface area (Å²) in [5, 5.41) is 4.55. The summed E-state index contributed by atoms with van der Waals surface area (Å²) >= 11 is 0. The zero-order valence-electron chi connectivity index (χ0n) is 19.6. The lowest BCUT2D eigenvalue weighted by molar-refractivity contribution is 0.408. The molecule has 0 aliphatic heterocycles. The van der Waals surface area contributed by atoms with Crippen LogP contribution in [-0.2, 0) is 29.9 Å². The number of nitrogens with one attached hydrogen (secondary N) is 1. The summed E-state index contributed by atoms with van der Waals surface area (Å²) in [5.41, 5.74) is 5.37. The smallest absolute Gasteiger partial charge is 0.208 e. The first-order valence-corrected chi connectivity index (χ1v) is 13.2. The Bertz CT molecular complexity index is 1310. The molecule has 0 radical (unpaired) electrons. The zero-order valence-corrected chi connectivity index (χ0v) is 20.4. The largest absolute Gasteiger partial charge is 0.287 e. The summed E-state index contributed by atoms with van der Waals surface area (Å²) in [6.45, 7) is 3.92. The Morgan fingerprint density at radius 1 is 1.09 bits per heavy atom. The van der Waals surface area contributed by atoms with E-state index in [4.69, 9.17) is 0 Å².